The van der Waals surface area contributed by atoms with Crippen molar-refractivity contribution in [2.75, 3.05) is 25.7 Å². The largest absolute Gasteiger partial charge is 0.380 e. The van der Waals surface area contributed by atoms with Gasteiger partial charge in [0.25, 0.3) is 0 Å². The maximum absolute atomic E-state index is 13.0. The quantitative estimate of drug-likeness (QED) is 0.770. The highest BCUT2D eigenvalue weighted by Crippen LogP contribution is 2.29. The van der Waals surface area contributed by atoms with Crippen LogP contribution in [0.3, 0.4) is 0 Å². The summed E-state index contributed by atoms with van der Waals surface area (Å²) < 4.78 is 7.64. The number of amides is 1. The summed E-state index contributed by atoms with van der Waals surface area (Å²) in [6.45, 7) is 3.55. The Kier molecular flexibility index (Phi) is 7.61. The molecule has 0 radical (unpaired) electrons. The Morgan fingerprint density at radius 1 is 1.37 bits per heavy atom. The fourth-order valence-electron chi connectivity index (χ4n) is 4.32. The molecule has 0 aromatic carbocycles. The second-order valence-electron chi connectivity index (χ2n) is 7.84. The van der Waals surface area contributed by atoms with E-state index in [4.69, 9.17) is 4.74 Å². The Morgan fingerprint density at radius 2 is 2.15 bits per heavy atom. The summed E-state index contributed by atoms with van der Waals surface area (Å²) in [6.07, 6.45) is 9.28. The van der Waals surface area contributed by atoms with Crippen LogP contribution in [0.1, 0.15) is 44.6 Å². The summed E-state index contributed by atoms with van der Waals surface area (Å²) in [5, 5.41) is 8.13. The van der Waals surface area contributed by atoms with E-state index in [1.807, 2.05) is 40.8 Å². The molecular weight excluding hydrogens is 360 g/mol. The number of aryl methyl sites for hydroxylation is 1. The number of hydrogen-bond acceptors (Lipinski definition) is 5. The summed E-state index contributed by atoms with van der Waals surface area (Å²) in [7, 11) is 3.71. The van der Waals surface area contributed by atoms with Gasteiger partial charge in [0.2, 0.25) is 5.91 Å². The van der Waals surface area contributed by atoms with Gasteiger partial charge in [0, 0.05) is 57.0 Å². The zero-order chi connectivity index (χ0) is 19.2. The molecular formula is C20H34N4O2S. The zero-order valence-corrected chi connectivity index (χ0v) is 17.7. The number of hydrogen-bond donors (Lipinski definition) is 1. The second kappa shape index (κ2) is 9.94. The minimum atomic E-state index is 0.0816. The van der Waals surface area contributed by atoms with Crippen molar-refractivity contribution in [2.24, 2.45) is 5.92 Å². The van der Waals surface area contributed by atoms with Gasteiger partial charge in [-0.25, -0.2) is 0 Å². The Hall–Kier alpha value is -1.05. The van der Waals surface area contributed by atoms with Crippen LogP contribution in [0.15, 0.2) is 12.4 Å². The van der Waals surface area contributed by atoms with Crippen molar-refractivity contribution in [3.63, 3.8) is 0 Å². The number of methoxy groups -OCH3 is 1. The molecule has 1 saturated heterocycles. The van der Waals surface area contributed by atoms with Crippen molar-refractivity contribution in [2.45, 2.75) is 70.3 Å². The molecule has 0 bridgehead atoms. The predicted octanol–water partition coefficient (Wildman–Crippen LogP) is 2.53. The second-order valence-corrected chi connectivity index (χ2v) is 9.07. The van der Waals surface area contributed by atoms with E-state index in [2.05, 4.69) is 17.3 Å². The molecule has 1 amide bonds. The third-order valence-electron chi connectivity index (χ3n) is 5.92. The van der Waals surface area contributed by atoms with Gasteiger partial charge in [-0.3, -0.25) is 9.48 Å². The van der Waals surface area contributed by atoms with Crippen LogP contribution < -0.4 is 5.32 Å². The highest BCUT2D eigenvalue weighted by molar-refractivity contribution is 7.99. The molecule has 6 nitrogen and oxygen atoms in total. The lowest BCUT2D eigenvalue weighted by Gasteiger charge is -2.39. The van der Waals surface area contributed by atoms with E-state index in [0.29, 0.717) is 12.6 Å². The normalized spacial score (nSPS) is 26.9. The molecule has 1 aliphatic carbocycles. The van der Waals surface area contributed by atoms with E-state index in [1.54, 1.807) is 7.11 Å². The number of rotatable bonds is 7. The first-order valence-electron chi connectivity index (χ1n) is 10.2. The maximum Gasteiger partial charge on any atom is 0.225 e. The number of carbonyl (C=O) groups excluding carboxylic acids is 1. The molecule has 1 aromatic rings. The van der Waals surface area contributed by atoms with Gasteiger partial charge < -0.3 is 15.0 Å². The lowest BCUT2D eigenvalue weighted by atomic mass is 9.82. The zero-order valence-electron chi connectivity index (χ0n) is 16.9. The standard InChI is InChI=1S/C20H34N4O2S/c1-4-24-14-15(12-21-24)13-23(2)20(25)16-5-6-19(26-3)18(11-16)22-17-7-9-27-10-8-17/h12,14,16-19,22H,4-11,13H2,1-3H3/t16-,18+,19+/m0/s1. The SMILES string of the molecule is CCn1cc(CN(C)C(=O)[C@H]2CC[C@@H](OC)[C@H](NC3CCSCC3)C2)cn1. The third-order valence-corrected chi connectivity index (χ3v) is 6.97. The van der Waals surface area contributed by atoms with E-state index in [1.165, 1.54) is 24.3 Å². The Labute approximate surface area is 167 Å². The molecule has 3 rings (SSSR count). The van der Waals surface area contributed by atoms with Crippen LogP contribution in [0.5, 0.6) is 0 Å². The topological polar surface area (TPSA) is 59.4 Å². The van der Waals surface area contributed by atoms with Crippen molar-refractivity contribution in [1.29, 1.82) is 0 Å². The average Bonchev–Trinajstić information content (AvgIpc) is 3.15. The number of carbonyl (C=O) groups is 1. The summed E-state index contributed by atoms with van der Waals surface area (Å²) in [4.78, 5) is 14.9. The summed E-state index contributed by atoms with van der Waals surface area (Å²) in [5.41, 5.74) is 1.09. The molecule has 0 spiro atoms. The van der Waals surface area contributed by atoms with Crippen molar-refractivity contribution < 1.29 is 9.53 Å². The van der Waals surface area contributed by atoms with Gasteiger partial charge in [0.15, 0.2) is 0 Å². The first-order chi connectivity index (χ1) is 13.1. The van der Waals surface area contributed by atoms with Gasteiger partial charge in [-0.2, -0.15) is 16.9 Å². The molecule has 7 heteroatoms. The van der Waals surface area contributed by atoms with Crippen molar-refractivity contribution in [3.8, 4) is 0 Å². The van der Waals surface area contributed by atoms with Crippen LogP contribution in [-0.2, 0) is 22.6 Å². The highest BCUT2D eigenvalue weighted by Gasteiger charge is 2.36. The highest BCUT2D eigenvalue weighted by atomic mass is 32.2. The molecule has 2 aliphatic rings. The Balaban J connectivity index is 1.56. The molecule has 27 heavy (non-hydrogen) atoms. The summed E-state index contributed by atoms with van der Waals surface area (Å²) in [5.74, 6) is 2.80. The van der Waals surface area contributed by atoms with E-state index in [9.17, 15) is 4.79 Å². The van der Waals surface area contributed by atoms with E-state index in [0.717, 1.165) is 31.4 Å². The lowest BCUT2D eigenvalue weighted by Crippen LogP contribution is -2.52. The smallest absolute Gasteiger partial charge is 0.225 e. The number of nitrogens with zero attached hydrogens (tertiary/aromatic N) is 3. The van der Waals surface area contributed by atoms with Gasteiger partial charge in [0.05, 0.1) is 12.3 Å². The number of aromatic nitrogens is 2. The van der Waals surface area contributed by atoms with E-state index >= 15 is 0 Å². The summed E-state index contributed by atoms with van der Waals surface area (Å²) >= 11 is 2.04. The Morgan fingerprint density at radius 3 is 2.81 bits per heavy atom. The monoisotopic (exact) mass is 394 g/mol. The number of thioether (sulfide) groups is 1. The van der Waals surface area contributed by atoms with E-state index < -0.39 is 0 Å². The average molecular weight is 395 g/mol. The first-order valence-corrected chi connectivity index (χ1v) is 11.4. The molecule has 2 heterocycles. The van der Waals surface area contributed by atoms with Crippen LogP contribution in [0.2, 0.25) is 0 Å². The first kappa shape index (κ1) is 20.7. The molecule has 1 N–H and O–H groups in total. The van der Waals surface area contributed by atoms with Gasteiger partial charge in [-0.05, 0) is 50.5 Å². The predicted molar refractivity (Wildman–Crippen MR) is 110 cm³/mol. The molecule has 0 unspecified atom stereocenters. The lowest BCUT2D eigenvalue weighted by molar-refractivity contribution is -0.137. The molecule has 152 valence electrons. The van der Waals surface area contributed by atoms with Crippen LogP contribution in [0.4, 0.5) is 0 Å². The molecule has 1 aliphatic heterocycles. The van der Waals surface area contributed by atoms with Crippen molar-refractivity contribution in [3.05, 3.63) is 18.0 Å². The van der Waals surface area contributed by atoms with Gasteiger partial charge in [-0.1, -0.05) is 0 Å². The van der Waals surface area contributed by atoms with Crippen LogP contribution >= 0.6 is 11.8 Å². The fraction of sp³-hybridized carbons (Fsp3) is 0.800. The van der Waals surface area contributed by atoms with Gasteiger partial charge in [-0.15, -0.1) is 0 Å². The maximum atomic E-state index is 13.0. The van der Waals surface area contributed by atoms with Gasteiger partial charge >= 0.3 is 0 Å². The molecule has 1 aromatic heterocycles. The number of ether oxygens (including phenoxy) is 1. The van der Waals surface area contributed by atoms with Gasteiger partial charge in [0.1, 0.15) is 0 Å². The van der Waals surface area contributed by atoms with Crippen molar-refractivity contribution >= 4 is 17.7 Å². The van der Waals surface area contributed by atoms with Crippen LogP contribution in [0, 0.1) is 5.92 Å². The Bertz CT molecular complexity index is 603. The number of nitrogens with one attached hydrogen (secondary N) is 1. The molecule has 1 saturated carbocycles. The third kappa shape index (κ3) is 5.48. The summed E-state index contributed by atoms with van der Waals surface area (Å²) in [6, 6.07) is 0.849. The van der Waals surface area contributed by atoms with E-state index in [-0.39, 0.29) is 24.0 Å². The minimum Gasteiger partial charge on any atom is -0.380 e. The van der Waals surface area contributed by atoms with Crippen LogP contribution in [-0.4, -0.2) is 64.4 Å². The fourth-order valence-corrected chi connectivity index (χ4v) is 5.42. The molecule has 2 fully saturated rings. The van der Waals surface area contributed by atoms with Crippen LogP contribution in [0.25, 0.3) is 0 Å². The van der Waals surface area contributed by atoms with Crippen molar-refractivity contribution in [1.82, 2.24) is 20.0 Å². The minimum absolute atomic E-state index is 0.0816. The molecule has 3 atom stereocenters.